The van der Waals surface area contributed by atoms with E-state index in [0.29, 0.717) is 5.92 Å². The number of aliphatic hydroxyl groups excluding tert-OH is 1. The maximum Gasteiger partial charge on any atom is 0.125 e. The fourth-order valence-electron chi connectivity index (χ4n) is 2.86. The summed E-state index contributed by atoms with van der Waals surface area (Å²) in [4.78, 5) is 0. The van der Waals surface area contributed by atoms with Gasteiger partial charge in [0.1, 0.15) is 11.9 Å². The van der Waals surface area contributed by atoms with Gasteiger partial charge >= 0.3 is 0 Å². The molecule has 1 aromatic carbocycles. The van der Waals surface area contributed by atoms with Crippen LogP contribution >= 0.6 is 0 Å². The summed E-state index contributed by atoms with van der Waals surface area (Å²) in [6.45, 7) is 0. The van der Waals surface area contributed by atoms with E-state index < -0.39 is 0 Å². The Labute approximate surface area is 102 Å². The third-order valence-corrected chi connectivity index (χ3v) is 3.85. The molecule has 1 aliphatic carbocycles. The lowest BCUT2D eigenvalue weighted by Gasteiger charge is -2.35. The Morgan fingerprint density at radius 2 is 2.06 bits per heavy atom. The zero-order valence-corrected chi connectivity index (χ0v) is 9.88. The van der Waals surface area contributed by atoms with E-state index in [1.54, 1.807) is 0 Å². The van der Waals surface area contributed by atoms with Crippen LogP contribution in [0.25, 0.3) is 0 Å². The van der Waals surface area contributed by atoms with Crippen LogP contribution < -0.4 is 4.74 Å². The molecule has 3 atom stereocenters. The van der Waals surface area contributed by atoms with E-state index in [4.69, 9.17) is 4.74 Å². The number of fused-ring (bicyclic) bond motifs is 1. The van der Waals surface area contributed by atoms with Gasteiger partial charge in [0.15, 0.2) is 0 Å². The van der Waals surface area contributed by atoms with E-state index in [1.807, 2.05) is 24.3 Å². The van der Waals surface area contributed by atoms with E-state index >= 15 is 0 Å². The lowest BCUT2D eigenvalue weighted by Crippen LogP contribution is -2.33. The minimum Gasteiger partial charge on any atom is -0.490 e. The Kier molecular flexibility index (Phi) is 2.89. The van der Waals surface area contributed by atoms with Gasteiger partial charge in [-0.15, -0.1) is 0 Å². The highest BCUT2D eigenvalue weighted by molar-refractivity contribution is 5.37. The molecule has 0 saturated carbocycles. The van der Waals surface area contributed by atoms with E-state index in [0.717, 1.165) is 30.6 Å². The van der Waals surface area contributed by atoms with Gasteiger partial charge in [-0.3, -0.25) is 0 Å². The highest BCUT2D eigenvalue weighted by Crippen LogP contribution is 2.39. The second-order valence-corrected chi connectivity index (χ2v) is 4.99. The molecule has 17 heavy (non-hydrogen) atoms. The summed E-state index contributed by atoms with van der Waals surface area (Å²) < 4.78 is 6.05. The standard InChI is InChI=1S/C15H18O2/c16-13-10-15(11-6-2-1-3-7-11)17-14-9-5-4-8-12(13)14/h1-2,4-5,8-9,11,13,15-16H,3,6-7,10H2. The summed E-state index contributed by atoms with van der Waals surface area (Å²) in [5, 5.41) is 10.2. The number of para-hydroxylation sites is 1. The minimum absolute atomic E-state index is 0.171. The first-order valence-corrected chi connectivity index (χ1v) is 6.43. The van der Waals surface area contributed by atoms with Gasteiger partial charge in [0.25, 0.3) is 0 Å². The average molecular weight is 230 g/mol. The molecule has 0 spiro atoms. The molecule has 90 valence electrons. The van der Waals surface area contributed by atoms with Crippen molar-refractivity contribution < 1.29 is 9.84 Å². The molecule has 2 nitrogen and oxygen atoms in total. The summed E-state index contributed by atoms with van der Waals surface area (Å²) in [5.74, 6) is 1.42. The second-order valence-electron chi connectivity index (χ2n) is 4.99. The Morgan fingerprint density at radius 1 is 1.18 bits per heavy atom. The van der Waals surface area contributed by atoms with Crippen LogP contribution in [0.2, 0.25) is 0 Å². The van der Waals surface area contributed by atoms with Gasteiger partial charge in [-0.1, -0.05) is 30.4 Å². The molecule has 1 N–H and O–H groups in total. The van der Waals surface area contributed by atoms with Crippen molar-refractivity contribution in [1.82, 2.24) is 0 Å². The first-order valence-electron chi connectivity index (χ1n) is 6.43. The van der Waals surface area contributed by atoms with Crippen LogP contribution in [0.1, 0.15) is 37.4 Å². The van der Waals surface area contributed by atoms with E-state index in [1.165, 1.54) is 6.42 Å². The van der Waals surface area contributed by atoms with E-state index in [-0.39, 0.29) is 12.2 Å². The summed E-state index contributed by atoms with van der Waals surface area (Å²) in [5.41, 5.74) is 0.940. The largest absolute Gasteiger partial charge is 0.490 e. The number of allylic oxidation sites excluding steroid dienone is 2. The summed E-state index contributed by atoms with van der Waals surface area (Å²) in [6.07, 6.45) is 8.42. The molecule has 0 saturated heterocycles. The van der Waals surface area contributed by atoms with E-state index in [9.17, 15) is 5.11 Å². The third-order valence-electron chi connectivity index (χ3n) is 3.85. The molecular formula is C15H18O2. The van der Waals surface area contributed by atoms with Crippen molar-refractivity contribution in [1.29, 1.82) is 0 Å². The molecule has 0 amide bonds. The Balaban J connectivity index is 1.81. The lowest BCUT2D eigenvalue weighted by molar-refractivity contribution is 0.0315. The Hall–Kier alpha value is -1.28. The van der Waals surface area contributed by atoms with Gasteiger partial charge < -0.3 is 9.84 Å². The van der Waals surface area contributed by atoms with Crippen LogP contribution in [0.15, 0.2) is 36.4 Å². The average Bonchev–Trinajstić information content (AvgIpc) is 2.40. The SMILES string of the molecule is OC1CC(C2CC=CCC2)Oc2ccccc21. The smallest absolute Gasteiger partial charge is 0.125 e. The maximum atomic E-state index is 10.2. The molecule has 0 radical (unpaired) electrons. The van der Waals surface area contributed by atoms with Crippen LogP contribution in [-0.4, -0.2) is 11.2 Å². The van der Waals surface area contributed by atoms with Crippen LogP contribution in [0.4, 0.5) is 0 Å². The zero-order valence-electron chi connectivity index (χ0n) is 9.88. The summed E-state index contributed by atoms with van der Waals surface area (Å²) >= 11 is 0. The molecule has 1 aromatic rings. The van der Waals surface area contributed by atoms with Gasteiger partial charge in [0, 0.05) is 12.0 Å². The number of aliphatic hydroxyl groups is 1. The highest BCUT2D eigenvalue weighted by atomic mass is 16.5. The molecule has 3 unspecified atom stereocenters. The fraction of sp³-hybridized carbons (Fsp3) is 0.467. The van der Waals surface area contributed by atoms with Gasteiger partial charge in [0.05, 0.1) is 6.10 Å². The van der Waals surface area contributed by atoms with Crippen molar-refractivity contribution >= 4 is 0 Å². The number of hydrogen-bond acceptors (Lipinski definition) is 2. The Bertz CT molecular complexity index is 425. The number of ether oxygens (including phenoxy) is 1. The van der Waals surface area contributed by atoms with Crippen LogP contribution in [0, 0.1) is 5.92 Å². The van der Waals surface area contributed by atoms with Gasteiger partial charge in [0.2, 0.25) is 0 Å². The van der Waals surface area contributed by atoms with E-state index in [2.05, 4.69) is 12.2 Å². The molecule has 3 rings (SSSR count). The second kappa shape index (κ2) is 4.53. The number of benzene rings is 1. The third kappa shape index (κ3) is 2.09. The molecule has 1 heterocycles. The number of rotatable bonds is 1. The number of hydrogen-bond donors (Lipinski definition) is 1. The normalized spacial score (nSPS) is 31.7. The molecular weight excluding hydrogens is 212 g/mol. The van der Waals surface area contributed by atoms with Crippen molar-refractivity contribution in [3.05, 3.63) is 42.0 Å². The molecule has 0 fully saturated rings. The predicted molar refractivity (Wildman–Crippen MR) is 66.9 cm³/mol. The van der Waals surface area contributed by atoms with Gasteiger partial charge in [-0.25, -0.2) is 0 Å². The monoisotopic (exact) mass is 230 g/mol. The first-order chi connectivity index (χ1) is 8.34. The summed E-state index contributed by atoms with van der Waals surface area (Å²) in [7, 11) is 0. The van der Waals surface area contributed by atoms with Gasteiger partial charge in [-0.05, 0) is 31.2 Å². The molecule has 0 bridgehead atoms. The summed E-state index contributed by atoms with van der Waals surface area (Å²) in [6, 6.07) is 7.84. The Morgan fingerprint density at radius 3 is 2.88 bits per heavy atom. The lowest BCUT2D eigenvalue weighted by atomic mass is 9.84. The molecule has 1 aliphatic heterocycles. The van der Waals surface area contributed by atoms with Gasteiger partial charge in [-0.2, -0.15) is 0 Å². The van der Waals surface area contributed by atoms with Crippen molar-refractivity contribution in [2.24, 2.45) is 5.92 Å². The van der Waals surface area contributed by atoms with Crippen molar-refractivity contribution in [3.63, 3.8) is 0 Å². The first kappa shape index (κ1) is 10.8. The van der Waals surface area contributed by atoms with Crippen molar-refractivity contribution in [2.45, 2.75) is 37.9 Å². The highest BCUT2D eigenvalue weighted by Gasteiger charge is 2.31. The fourth-order valence-corrected chi connectivity index (χ4v) is 2.86. The molecule has 2 heteroatoms. The van der Waals surface area contributed by atoms with Crippen LogP contribution in [-0.2, 0) is 0 Å². The molecule has 0 aromatic heterocycles. The minimum atomic E-state index is -0.365. The molecule has 2 aliphatic rings. The van der Waals surface area contributed by atoms with Crippen molar-refractivity contribution in [2.75, 3.05) is 0 Å². The van der Waals surface area contributed by atoms with Crippen molar-refractivity contribution in [3.8, 4) is 5.75 Å². The topological polar surface area (TPSA) is 29.5 Å². The maximum absolute atomic E-state index is 10.2. The van der Waals surface area contributed by atoms with Crippen LogP contribution in [0.5, 0.6) is 5.75 Å². The zero-order chi connectivity index (χ0) is 11.7. The quantitative estimate of drug-likeness (QED) is 0.750. The van der Waals surface area contributed by atoms with Crippen LogP contribution in [0.3, 0.4) is 0 Å². The predicted octanol–water partition coefficient (Wildman–Crippen LogP) is 3.23.